The third-order valence-electron chi connectivity index (χ3n) is 5.65. The maximum Gasteiger partial charge on any atom is 0.200 e. The first-order valence-electron chi connectivity index (χ1n) is 7.94. The number of halogens is 2. The van der Waals surface area contributed by atoms with Gasteiger partial charge in [0.05, 0.1) is 0 Å². The zero-order chi connectivity index (χ0) is 14.6. The Hall–Kier alpha value is -1.16. The van der Waals surface area contributed by atoms with Gasteiger partial charge in [-0.25, -0.2) is 4.39 Å². The SMILES string of the molecule is NCc1ccc(F)c(F)c1OC12CC3CC(CC(C3)C1)C2. The highest BCUT2D eigenvalue weighted by molar-refractivity contribution is 5.36. The van der Waals surface area contributed by atoms with Crippen LogP contribution in [0, 0.1) is 29.4 Å². The van der Waals surface area contributed by atoms with Gasteiger partial charge in [-0.3, -0.25) is 0 Å². The van der Waals surface area contributed by atoms with Gasteiger partial charge >= 0.3 is 0 Å². The molecule has 2 nitrogen and oxygen atoms in total. The molecule has 4 aliphatic carbocycles. The standard InChI is InChI=1S/C17H21F2NO/c18-14-2-1-13(9-20)16(15(14)19)21-17-6-10-3-11(7-17)5-12(4-10)8-17/h1-2,10-12H,3-9,20H2. The van der Waals surface area contributed by atoms with Gasteiger partial charge in [-0.2, -0.15) is 4.39 Å². The Kier molecular flexibility index (Phi) is 3.00. The lowest BCUT2D eigenvalue weighted by atomic mass is 9.54. The van der Waals surface area contributed by atoms with E-state index in [9.17, 15) is 8.78 Å². The highest BCUT2D eigenvalue weighted by atomic mass is 19.2. The quantitative estimate of drug-likeness (QED) is 0.920. The molecule has 0 spiro atoms. The molecule has 0 amide bonds. The Bertz CT molecular complexity index is 537. The minimum atomic E-state index is -0.881. The minimum absolute atomic E-state index is 0.0550. The number of nitrogens with two attached hydrogens (primary N) is 1. The van der Waals surface area contributed by atoms with Gasteiger partial charge < -0.3 is 10.5 Å². The normalized spacial score (nSPS) is 37.0. The summed E-state index contributed by atoms with van der Waals surface area (Å²) < 4.78 is 33.9. The third-order valence-corrected chi connectivity index (χ3v) is 5.65. The van der Waals surface area contributed by atoms with E-state index in [0.717, 1.165) is 25.3 Å². The van der Waals surface area contributed by atoms with Crippen LogP contribution in [0.1, 0.15) is 44.1 Å². The lowest BCUT2D eigenvalue weighted by molar-refractivity contribution is -0.109. The summed E-state index contributed by atoms with van der Waals surface area (Å²) in [6.07, 6.45) is 6.82. The molecule has 1 aromatic carbocycles. The molecule has 21 heavy (non-hydrogen) atoms. The monoisotopic (exact) mass is 293 g/mol. The van der Waals surface area contributed by atoms with E-state index in [1.807, 2.05) is 0 Å². The fourth-order valence-electron chi connectivity index (χ4n) is 5.22. The summed E-state index contributed by atoms with van der Waals surface area (Å²) in [5, 5.41) is 0. The van der Waals surface area contributed by atoms with Gasteiger partial charge in [-0.05, 0) is 62.3 Å². The van der Waals surface area contributed by atoms with Crippen LogP contribution in [0.5, 0.6) is 5.75 Å². The molecule has 0 heterocycles. The molecule has 0 unspecified atom stereocenters. The van der Waals surface area contributed by atoms with Crippen molar-refractivity contribution >= 4 is 0 Å². The van der Waals surface area contributed by atoms with Crippen LogP contribution in [0.15, 0.2) is 12.1 Å². The number of benzene rings is 1. The second kappa shape index (κ2) is 4.67. The van der Waals surface area contributed by atoms with E-state index < -0.39 is 11.6 Å². The smallest absolute Gasteiger partial charge is 0.200 e. The lowest BCUT2D eigenvalue weighted by Crippen LogP contribution is -2.54. The summed E-state index contributed by atoms with van der Waals surface area (Å²) in [6.45, 7) is 0.166. The van der Waals surface area contributed by atoms with Crippen LogP contribution >= 0.6 is 0 Å². The van der Waals surface area contributed by atoms with Gasteiger partial charge in [0.25, 0.3) is 0 Å². The van der Waals surface area contributed by atoms with E-state index in [4.69, 9.17) is 10.5 Å². The largest absolute Gasteiger partial charge is 0.484 e. The summed E-state index contributed by atoms with van der Waals surface area (Å²) in [7, 11) is 0. The zero-order valence-electron chi connectivity index (χ0n) is 12.1. The van der Waals surface area contributed by atoms with Gasteiger partial charge in [0, 0.05) is 12.1 Å². The molecule has 4 fully saturated rings. The van der Waals surface area contributed by atoms with E-state index in [0.29, 0.717) is 23.3 Å². The average Bonchev–Trinajstić information content (AvgIpc) is 2.42. The highest BCUT2D eigenvalue weighted by Gasteiger charge is 2.52. The Morgan fingerprint density at radius 2 is 1.62 bits per heavy atom. The molecule has 5 rings (SSSR count). The molecule has 2 N–H and O–H groups in total. The van der Waals surface area contributed by atoms with Crippen molar-refractivity contribution in [2.75, 3.05) is 0 Å². The maximum absolute atomic E-state index is 14.2. The van der Waals surface area contributed by atoms with Crippen molar-refractivity contribution in [3.63, 3.8) is 0 Å². The summed E-state index contributed by atoms with van der Waals surface area (Å²) in [6, 6.07) is 2.67. The van der Waals surface area contributed by atoms with Crippen LogP contribution in [-0.2, 0) is 6.54 Å². The minimum Gasteiger partial charge on any atom is -0.484 e. The number of hydrogen-bond donors (Lipinski definition) is 1. The molecule has 4 aliphatic rings. The number of rotatable bonds is 3. The van der Waals surface area contributed by atoms with Crippen LogP contribution < -0.4 is 10.5 Å². The van der Waals surface area contributed by atoms with Crippen molar-refractivity contribution in [1.82, 2.24) is 0 Å². The van der Waals surface area contributed by atoms with Gasteiger partial charge in [0.1, 0.15) is 5.60 Å². The van der Waals surface area contributed by atoms with Gasteiger partial charge in [-0.1, -0.05) is 6.07 Å². The Morgan fingerprint density at radius 1 is 1.05 bits per heavy atom. The molecule has 0 aromatic heterocycles. The molecule has 0 radical (unpaired) electrons. The first kappa shape index (κ1) is 13.5. The summed E-state index contributed by atoms with van der Waals surface area (Å²) in [5.74, 6) is 0.428. The lowest BCUT2D eigenvalue weighted by Gasteiger charge is -2.56. The number of hydrogen-bond acceptors (Lipinski definition) is 2. The van der Waals surface area contributed by atoms with Crippen LogP contribution in [0.3, 0.4) is 0 Å². The molecule has 4 saturated carbocycles. The van der Waals surface area contributed by atoms with Gasteiger partial charge in [0.2, 0.25) is 5.82 Å². The van der Waals surface area contributed by atoms with E-state index >= 15 is 0 Å². The fraction of sp³-hybridized carbons (Fsp3) is 0.647. The first-order chi connectivity index (χ1) is 10.1. The average molecular weight is 293 g/mol. The number of ether oxygens (including phenoxy) is 1. The zero-order valence-corrected chi connectivity index (χ0v) is 12.1. The molecule has 1 aromatic rings. The van der Waals surface area contributed by atoms with Crippen LogP contribution in [0.25, 0.3) is 0 Å². The van der Waals surface area contributed by atoms with E-state index in [2.05, 4.69) is 0 Å². The Balaban J connectivity index is 1.68. The van der Waals surface area contributed by atoms with E-state index in [1.54, 1.807) is 0 Å². The predicted molar refractivity (Wildman–Crippen MR) is 75.8 cm³/mol. The van der Waals surface area contributed by atoms with Crippen molar-refractivity contribution in [3.05, 3.63) is 29.3 Å². The molecule has 4 heteroatoms. The summed E-state index contributed by atoms with van der Waals surface area (Å²) in [5.41, 5.74) is 5.94. The first-order valence-corrected chi connectivity index (χ1v) is 7.94. The predicted octanol–water partition coefficient (Wildman–Crippen LogP) is 3.77. The second-order valence-corrected chi connectivity index (χ2v) is 7.26. The van der Waals surface area contributed by atoms with Gasteiger partial charge in [0.15, 0.2) is 11.6 Å². The van der Waals surface area contributed by atoms with Crippen molar-refractivity contribution in [1.29, 1.82) is 0 Å². The van der Waals surface area contributed by atoms with Gasteiger partial charge in [-0.15, -0.1) is 0 Å². The molecule has 0 aliphatic heterocycles. The Labute approximate surface area is 123 Å². The van der Waals surface area contributed by atoms with E-state index in [1.165, 1.54) is 25.3 Å². The molecule has 114 valence electrons. The summed E-state index contributed by atoms with van der Waals surface area (Å²) in [4.78, 5) is 0. The topological polar surface area (TPSA) is 35.2 Å². The van der Waals surface area contributed by atoms with Crippen LogP contribution in [-0.4, -0.2) is 5.60 Å². The van der Waals surface area contributed by atoms with Crippen molar-refractivity contribution < 1.29 is 13.5 Å². The van der Waals surface area contributed by atoms with E-state index in [-0.39, 0.29) is 17.9 Å². The molecule has 4 bridgehead atoms. The van der Waals surface area contributed by atoms with Crippen molar-refractivity contribution in [3.8, 4) is 5.75 Å². The molecule has 0 saturated heterocycles. The maximum atomic E-state index is 14.2. The second-order valence-electron chi connectivity index (χ2n) is 7.26. The van der Waals surface area contributed by atoms with Crippen LogP contribution in [0.4, 0.5) is 8.78 Å². The molecular formula is C17H21F2NO. The van der Waals surface area contributed by atoms with Crippen molar-refractivity contribution in [2.24, 2.45) is 23.5 Å². The molecule has 0 atom stereocenters. The van der Waals surface area contributed by atoms with Crippen molar-refractivity contribution in [2.45, 2.75) is 50.7 Å². The summed E-state index contributed by atoms with van der Waals surface area (Å²) >= 11 is 0. The molecular weight excluding hydrogens is 272 g/mol. The fourth-order valence-corrected chi connectivity index (χ4v) is 5.22. The van der Waals surface area contributed by atoms with Crippen LogP contribution in [0.2, 0.25) is 0 Å². The Morgan fingerprint density at radius 3 is 2.14 bits per heavy atom. The highest BCUT2D eigenvalue weighted by Crippen LogP contribution is 2.57. The third kappa shape index (κ3) is 2.15.